The molecule has 0 aromatic carbocycles. The zero-order valence-electron chi connectivity index (χ0n) is 10.1. The number of hydrogen-bond donors (Lipinski definition) is 1. The Morgan fingerprint density at radius 1 is 1.27 bits per heavy atom. The van der Waals surface area contributed by atoms with Crippen LogP contribution in [0.15, 0.2) is 18.3 Å². The lowest BCUT2D eigenvalue weighted by atomic mass is 10.2. The summed E-state index contributed by atoms with van der Waals surface area (Å²) in [4.78, 5) is 7.71. The zero-order chi connectivity index (χ0) is 11.3. The number of hydrogen-bond acceptors (Lipinski definition) is 1. The molecule has 2 nitrogen and oxygen atoms in total. The van der Waals surface area contributed by atoms with Gasteiger partial charge in [-0.3, -0.25) is 0 Å². The number of fused-ring (bicyclic) bond motifs is 1. The van der Waals surface area contributed by atoms with E-state index in [4.69, 9.17) is 0 Å². The molecule has 0 aliphatic heterocycles. The van der Waals surface area contributed by atoms with Gasteiger partial charge in [0.05, 0.1) is 0 Å². The summed E-state index contributed by atoms with van der Waals surface area (Å²) in [5.74, 6) is 0. The molecule has 0 amide bonds. The van der Waals surface area contributed by atoms with Crippen LogP contribution in [0.2, 0.25) is 0 Å². The summed E-state index contributed by atoms with van der Waals surface area (Å²) < 4.78 is 0. The number of aromatic nitrogens is 2. The summed E-state index contributed by atoms with van der Waals surface area (Å²) in [5.41, 5.74) is 3.46. The molecule has 0 aliphatic rings. The first-order valence-electron chi connectivity index (χ1n) is 5.75. The van der Waals surface area contributed by atoms with Crippen molar-refractivity contribution < 1.29 is 0 Å². The van der Waals surface area contributed by atoms with Crippen LogP contribution >= 0.6 is 0 Å². The average molecular weight is 204 g/mol. The van der Waals surface area contributed by atoms with E-state index in [-0.39, 0.29) is 0 Å². The summed E-state index contributed by atoms with van der Waals surface area (Å²) in [7, 11) is 0. The van der Waals surface area contributed by atoms with E-state index in [1.54, 1.807) is 0 Å². The van der Waals surface area contributed by atoms with Crippen molar-refractivity contribution in [3.05, 3.63) is 29.6 Å². The van der Waals surface area contributed by atoms with E-state index in [2.05, 4.69) is 35.9 Å². The smallest absolute Gasteiger partial charge is 0.137 e. The molecule has 2 aromatic rings. The van der Waals surface area contributed by atoms with E-state index in [0.717, 1.165) is 18.5 Å². The molecule has 0 saturated carbocycles. The maximum atomic E-state index is 4.53. The predicted molar refractivity (Wildman–Crippen MR) is 66.2 cm³/mol. The van der Waals surface area contributed by atoms with E-state index >= 15 is 0 Å². The van der Waals surface area contributed by atoms with Gasteiger partial charge in [-0.1, -0.05) is 27.2 Å². The van der Waals surface area contributed by atoms with Gasteiger partial charge in [0.15, 0.2) is 0 Å². The molecule has 15 heavy (non-hydrogen) atoms. The lowest BCUT2D eigenvalue weighted by Crippen LogP contribution is -1.88. The number of aromatic amines is 1. The van der Waals surface area contributed by atoms with Crippen LogP contribution in [0, 0.1) is 6.92 Å². The zero-order valence-corrected chi connectivity index (χ0v) is 10.1. The maximum absolute atomic E-state index is 4.53. The van der Waals surface area contributed by atoms with Crippen molar-refractivity contribution in [2.45, 2.75) is 40.5 Å². The van der Waals surface area contributed by atoms with Crippen molar-refractivity contribution in [2.24, 2.45) is 0 Å². The van der Waals surface area contributed by atoms with Gasteiger partial charge in [0, 0.05) is 17.3 Å². The van der Waals surface area contributed by atoms with E-state index < -0.39 is 0 Å². The standard InChI is InChI=1S/C11H14N2.C2H6/c1-3-4-9-5-6-10-8(2)7-12-11(10)13-9;1-2/h5-7H,3-4H2,1-2H3,(H,12,13);1-2H3. The first kappa shape index (κ1) is 11.8. The number of pyridine rings is 1. The van der Waals surface area contributed by atoms with Gasteiger partial charge in [-0.2, -0.15) is 0 Å². The molecule has 0 bridgehead atoms. The minimum atomic E-state index is 1.02. The van der Waals surface area contributed by atoms with Crippen LogP contribution in [0.5, 0.6) is 0 Å². The van der Waals surface area contributed by atoms with Gasteiger partial charge in [-0.25, -0.2) is 4.98 Å². The van der Waals surface area contributed by atoms with Crippen molar-refractivity contribution in [3.8, 4) is 0 Å². The van der Waals surface area contributed by atoms with Gasteiger partial charge < -0.3 is 4.98 Å². The molecule has 0 atom stereocenters. The Bertz CT molecular complexity index is 415. The lowest BCUT2D eigenvalue weighted by Gasteiger charge is -1.97. The fourth-order valence-corrected chi connectivity index (χ4v) is 1.58. The molecule has 2 heterocycles. The van der Waals surface area contributed by atoms with Gasteiger partial charge in [0.2, 0.25) is 0 Å². The molecule has 82 valence electrons. The summed E-state index contributed by atoms with van der Waals surface area (Å²) in [5, 5.41) is 1.24. The van der Waals surface area contributed by atoms with E-state index in [0.29, 0.717) is 0 Å². The largest absolute Gasteiger partial charge is 0.346 e. The highest BCUT2D eigenvalue weighted by atomic mass is 14.8. The molecule has 0 fully saturated rings. The molecule has 1 N–H and O–H groups in total. The molecular formula is C13H20N2. The topological polar surface area (TPSA) is 28.7 Å². The number of aryl methyl sites for hydroxylation is 2. The summed E-state index contributed by atoms with van der Waals surface area (Å²) in [6, 6.07) is 4.27. The number of nitrogens with one attached hydrogen (secondary N) is 1. The molecular weight excluding hydrogens is 184 g/mol. The van der Waals surface area contributed by atoms with E-state index in [9.17, 15) is 0 Å². The second-order valence-electron chi connectivity index (χ2n) is 3.42. The van der Waals surface area contributed by atoms with Crippen molar-refractivity contribution in [1.29, 1.82) is 0 Å². The predicted octanol–water partition coefficient (Wildman–Crippen LogP) is 3.85. The third kappa shape index (κ3) is 2.58. The Morgan fingerprint density at radius 3 is 2.67 bits per heavy atom. The normalized spacial score (nSPS) is 9.87. The second kappa shape index (κ2) is 5.54. The van der Waals surface area contributed by atoms with Crippen molar-refractivity contribution in [1.82, 2.24) is 9.97 Å². The van der Waals surface area contributed by atoms with Gasteiger partial charge in [-0.15, -0.1) is 0 Å². The highest BCUT2D eigenvalue weighted by Crippen LogP contribution is 2.16. The van der Waals surface area contributed by atoms with Gasteiger partial charge in [0.25, 0.3) is 0 Å². The van der Waals surface area contributed by atoms with E-state index in [1.807, 2.05) is 20.0 Å². The fraction of sp³-hybridized carbons (Fsp3) is 0.462. The van der Waals surface area contributed by atoms with Crippen LogP contribution in [0.3, 0.4) is 0 Å². The molecule has 2 rings (SSSR count). The van der Waals surface area contributed by atoms with Crippen molar-refractivity contribution in [2.75, 3.05) is 0 Å². The Morgan fingerprint density at radius 2 is 2.00 bits per heavy atom. The number of rotatable bonds is 2. The second-order valence-corrected chi connectivity index (χ2v) is 3.42. The molecule has 2 aromatic heterocycles. The number of nitrogens with zero attached hydrogens (tertiary/aromatic N) is 1. The lowest BCUT2D eigenvalue weighted by molar-refractivity contribution is 0.888. The molecule has 2 heteroatoms. The monoisotopic (exact) mass is 204 g/mol. The summed E-state index contributed by atoms with van der Waals surface area (Å²) in [6.07, 6.45) is 4.22. The third-order valence-corrected chi connectivity index (χ3v) is 2.31. The maximum Gasteiger partial charge on any atom is 0.137 e. The molecule has 0 aliphatic carbocycles. The van der Waals surface area contributed by atoms with Crippen molar-refractivity contribution in [3.63, 3.8) is 0 Å². The fourth-order valence-electron chi connectivity index (χ4n) is 1.58. The SMILES string of the molecule is CC.CCCc1ccc2c(C)c[nH]c2n1. The van der Waals surface area contributed by atoms with Gasteiger partial charge in [-0.05, 0) is 31.0 Å². The van der Waals surface area contributed by atoms with Crippen LogP contribution in [-0.4, -0.2) is 9.97 Å². The minimum Gasteiger partial charge on any atom is -0.346 e. The molecule has 0 spiro atoms. The first-order chi connectivity index (χ1) is 7.31. The van der Waals surface area contributed by atoms with Crippen LogP contribution in [0.25, 0.3) is 11.0 Å². The van der Waals surface area contributed by atoms with Crippen LogP contribution in [-0.2, 0) is 6.42 Å². The molecule has 0 radical (unpaired) electrons. The first-order valence-corrected chi connectivity index (χ1v) is 5.75. The number of H-pyrrole nitrogens is 1. The van der Waals surface area contributed by atoms with E-state index in [1.165, 1.54) is 16.6 Å². The Kier molecular flexibility index (Phi) is 4.35. The van der Waals surface area contributed by atoms with Crippen LogP contribution in [0.4, 0.5) is 0 Å². The van der Waals surface area contributed by atoms with Crippen molar-refractivity contribution >= 4 is 11.0 Å². The summed E-state index contributed by atoms with van der Waals surface area (Å²) in [6.45, 7) is 8.27. The Labute approximate surface area is 91.7 Å². The average Bonchev–Trinajstić information content (AvgIpc) is 2.64. The van der Waals surface area contributed by atoms with Crippen LogP contribution in [0.1, 0.15) is 38.4 Å². The molecule has 0 saturated heterocycles. The third-order valence-electron chi connectivity index (χ3n) is 2.31. The quantitative estimate of drug-likeness (QED) is 0.790. The molecule has 0 unspecified atom stereocenters. The highest BCUT2D eigenvalue weighted by molar-refractivity contribution is 5.79. The Hall–Kier alpha value is -1.31. The highest BCUT2D eigenvalue weighted by Gasteiger charge is 2.01. The minimum absolute atomic E-state index is 1.02. The Balaban J connectivity index is 0.000000531. The van der Waals surface area contributed by atoms with Crippen LogP contribution < -0.4 is 0 Å². The van der Waals surface area contributed by atoms with Gasteiger partial charge in [0.1, 0.15) is 5.65 Å². The summed E-state index contributed by atoms with van der Waals surface area (Å²) >= 11 is 0. The van der Waals surface area contributed by atoms with Gasteiger partial charge >= 0.3 is 0 Å².